The number of fused-ring (bicyclic) bond motifs is 2. The second kappa shape index (κ2) is 7.66. The average Bonchev–Trinajstić information content (AvgIpc) is 3.34. The van der Waals surface area contributed by atoms with Crippen molar-refractivity contribution in [3.05, 3.63) is 86.9 Å². The van der Waals surface area contributed by atoms with Crippen molar-refractivity contribution in [1.82, 2.24) is 14.0 Å². The zero-order valence-electron chi connectivity index (χ0n) is 15.8. The zero-order valence-corrected chi connectivity index (χ0v) is 17.4. The summed E-state index contributed by atoms with van der Waals surface area (Å²) in [5, 5.41) is 0.923. The van der Waals surface area contributed by atoms with Gasteiger partial charge in [0.1, 0.15) is 25.0 Å². The van der Waals surface area contributed by atoms with Gasteiger partial charge in [-0.3, -0.25) is 0 Å². The van der Waals surface area contributed by atoms with Crippen LogP contribution in [0.25, 0.3) is 27.7 Å². The van der Waals surface area contributed by atoms with Crippen molar-refractivity contribution in [3.8, 4) is 11.1 Å². The molecule has 4 heterocycles. The number of halogens is 2. The number of hydrogen-bond donors (Lipinski definition) is 0. The molecule has 5 aromatic rings. The van der Waals surface area contributed by atoms with Gasteiger partial charge in [0.25, 0.3) is 5.65 Å². The number of hydrogen-bond acceptors (Lipinski definition) is 3. The summed E-state index contributed by atoms with van der Waals surface area (Å²) < 4.78 is 19.1. The van der Waals surface area contributed by atoms with Gasteiger partial charge in [-0.25, -0.2) is 18.7 Å². The highest BCUT2D eigenvalue weighted by atomic mass is 35.5. The van der Waals surface area contributed by atoms with Gasteiger partial charge in [0, 0.05) is 34.9 Å². The number of pyridine rings is 1. The van der Waals surface area contributed by atoms with Crippen molar-refractivity contribution in [2.75, 3.05) is 6.67 Å². The van der Waals surface area contributed by atoms with Crippen molar-refractivity contribution in [2.45, 2.75) is 13.1 Å². The molecule has 5 nitrogen and oxygen atoms in total. The van der Waals surface area contributed by atoms with E-state index in [0.717, 1.165) is 27.0 Å². The van der Waals surface area contributed by atoms with Crippen LogP contribution in [0, 0.1) is 0 Å². The topological polar surface area (TPSA) is 43.2 Å². The normalized spacial score (nSPS) is 11.5. The molecular weight excluding hydrogens is 423 g/mol. The van der Waals surface area contributed by atoms with Crippen LogP contribution in [-0.4, -0.2) is 20.6 Å². The fraction of sp³-hybridized carbons (Fsp3) is 0.136. The SMILES string of the molecule is O=c1c(-c2cn(CCF)c3ccccc23)c[n+](Cc2cnc(Cl)s2)c2ccccn12. The van der Waals surface area contributed by atoms with Gasteiger partial charge in [0.05, 0.1) is 17.6 Å². The van der Waals surface area contributed by atoms with Crippen molar-refractivity contribution in [2.24, 2.45) is 0 Å². The number of aromatic nitrogens is 4. The van der Waals surface area contributed by atoms with E-state index in [0.29, 0.717) is 16.6 Å². The molecule has 0 unspecified atom stereocenters. The second-order valence-electron chi connectivity index (χ2n) is 6.93. The highest BCUT2D eigenvalue weighted by molar-refractivity contribution is 7.15. The van der Waals surface area contributed by atoms with Crippen LogP contribution in [0.15, 0.2) is 72.0 Å². The Balaban J connectivity index is 1.77. The van der Waals surface area contributed by atoms with Crippen molar-refractivity contribution >= 4 is 39.5 Å². The summed E-state index contributed by atoms with van der Waals surface area (Å²) in [6.45, 7) is 0.310. The van der Waals surface area contributed by atoms with E-state index in [-0.39, 0.29) is 12.1 Å². The Morgan fingerprint density at radius 3 is 2.77 bits per heavy atom. The Morgan fingerprint density at radius 1 is 1.13 bits per heavy atom. The van der Waals surface area contributed by atoms with E-state index in [2.05, 4.69) is 4.98 Å². The molecule has 8 heteroatoms. The van der Waals surface area contributed by atoms with E-state index in [1.807, 2.05) is 64.0 Å². The van der Waals surface area contributed by atoms with Gasteiger partial charge in [-0.1, -0.05) is 35.9 Å². The zero-order chi connectivity index (χ0) is 20.7. The monoisotopic (exact) mass is 439 g/mol. The first-order valence-electron chi connectivity index (χ1n) is 9.44. The maximum Gasteiger partial charge on any atom is 0.350 e. The summed E-state index contributed by atoms with van der Waals surface area (Å²) in [5.74, 6) is 0. The third-order valence-corrected chi connectivity index (χ3v) is 6.22. The van der Waals surface area contributed by atoms with Crippen LogP contribution in [0.5, 0.6) is 0 Å². The number of nitrogens with zero attached hydrogens (tertiary/aromatic N) is 4. The quantitative estimate of drug-likeness (QED) is 0.382. The molecule has 0 spiro atoms. The molecule has 0 amide bonds. The molecule has 0 fully saturated rings. The van der Waals surface area contributed by atoms with E-state index in [1.54, 1.807) is 16.8 Å². The van der Waals surface area contributed by atoms with E-state index in [4.69, 9.17) is 11.6 Å². The Kier molecular flexibility index (Phi) is 4.84. The summed E-state index contributed by atoms with van der Waals surface area (Å²) in [4.78, 5) is 18.5. The van der Waals surface area contributed by atoms with Gasteiger partial charge in [-0.15, -0.1) is 11.3 Å². The van der Waals surface area contributed by atoms with Crippen LogP contribution in [-0.2, 0) is 13.1 Å². The van der Waals surface area contributed by atoms with E-state index in [9.17, 15) is 9.18 Å². The lowest BCUT2D eigenvalue weighted by Gasteiger charge is -2.05. The minimum Gasteiger partial charge on any atom is -0.344 e. The first-order valence-corrected chi connectivity index (χ1v) is 10.6. The Hall–Kier alpha value is -3.03. The summed E-state index contributed by atoms with van der Waals surface area (Å²) in [6, 6.07) is 13.4. The first kappa shape index (κ1) is 19.0. The van der Waals surface area contributed by atoms with Crippen molar-refractivity contribution in [1.29, 1.82) is 0 Å². The first-order chi connectivity index (χ1) is 14.7. The van der Waals surface area contributed by atoms with Gasteiger partial charge in [-0.05, 0) is 12.1 Å². The highest BCUT2D eigenvalue weighted by Gasteiger charge is 2.21. The third kappa shape index (κ3) is 3.20. The molecule has 0 aliphatic heterocycles. The third-order valence-electron chi connectivity index (χ3n) is 5.12. The number of thiazole rings is 1. The fourth-order valence-corrected chi connectivity index (χ4v) is 4.80. The minimum absolute atomic E-state index is 0.118. The number of aryl methyl sites for hydroxylation is 1. The van der Waals surface area contributed by atoms with Crippen LogP contribution < -0.4 is 10.1 Å². The maximum absolute atomic E-state index is 13.4. The highest BCUT2D eigenvalue weighted by Crippen LogP contribution is 2.28. The van der Waals surface area contributed by atoms with Crippen molar-refractivity contribution in [3.63, 3.8) is 0 Å². The standard InChI is InChI=1S/C22H17ClFN4OS/c23-22-25-11-15(30-22)12-27-14-18(21(29)28-9-4-3-7-20(27)28)17-13-26(10-8-24)19-6-2-1-5-16(17)19/h1-7,9,11,13-14H,8,10,12H2/q+1. The largest absolute Gasteiger partial charge is 0.350 e. The molecule has 0 saturated carbocycles. The molecule has 1 aromatic carbocycles. The molecular formula is C22H17ClFN4OS+. The van der Waals surface area contributed by atoms with Crippen LogP contribution in [0.2, 0.25) is 4.47 Å². The smallest absolute Gasteiger partial charge is 0.344 e. The van der Waals surface area contributed by atoms with Gasteiger partial charge in [-0.2, -0.15) is 4.40 Å². The number of alkyl halides is 1. The predicted molar refractivity (Wildman–Crippen MR) is 117 cm³/mol. The molecule has 0 radical (unpaired) electrons. The van der Waals surface area contributed by atoms with Crippen molar-refractivity contribution < 1.29 is 8.96 Å². The molecule has 5 rings (SSSR count). The summed E-state index contributed by atoms with van der Waals surface area (Å²) in [7, 11) is 0. The molecule has 4 aromatic heterocycles. The summed E-state index contributed by atoms with van der Waals surface area (Å²) in [5.41, 5.74) is 2.90. The molecule has 30 heavy (non-hydrogen) atoms. The lowest BCUT2D eigenvalue weighted by molar-refractivity contribution is -0.664. The van der Waals surface area contributed by atoms with Crippen LogP contribution >= 0.6 is 22.9 Å². The van der Waals surface area contributed by atoms with E-state index >= 15 is 0 Å². The van der Waals surface area contributed by atoms with Crippen LogP contribution in [0.1, 0.15) is 4.88 Å². The molecule has 0 aliphatic rings. The lowest BCUT2D eigenvalue weighted by Crippen LogP contribution is -2.40. The molecule has 0 saturated heterocycles. The molecule has 0 bridgehead atoms. The summed E-state index contributed by atoms with van der Waals surface area (Å²) in [6.07, 6.45) is 7.24. The molecule has 0 aliphatic carbocycles. The predicted octanol–water partition coefficient (Wildman–Crippen LogP) is 4.34. The lowest BCUT2D eigenvalue weighted by atomic mass is 10.1. The molecule has 150 valence electrons. The Bertz CT molecular complexity index is 1440. The van der Waals surface area contributed by atoms with Crippen LogP contribution in [0.3, 0.4) is 0 Å². The Labute approximate surface area is 180 Å². The summed E-state index contributed by atoms with van der Waals surface area (Å²) >= 11 is 7.42. The molecule has 0 atom stereocenters. The van der Waals surface area contributed by atoms with Crippen LogP contribution in [0.4, 0.5) is 4.39 Å². The van der Waals surface area contributed by atoms with E-state index < -0.39 is 6.67 Å². The van der Waals surface area contributed by atoms with Gasteiger partial charge >= 0.3 is 5.56 Å². The number of rotatable bonds is 5. The number of benzene rings is 1. The Morgan fingerprint density at radius 2 is 1.97 bits per heavy atom. The van der Waals surface area contributed by atoms with E-state index in [1.165, 1.54) is 11.3 Å². The second-order valence-corrected chi connectivity index (χ2v) is 8.62. The fourth-order valence-electron chi connectivity index (χ4n) is 3.82. The number of para-hydroxylation sites is 1. The molecule has 0 N–H and O–H groups in total. The van der Waals surface area contributed by atoms with Gasteiger partial charge < -0.3 is 4.57 Å². The minimum atomic E-state index is -0.471. The average molecular weight is 440 g/mol. The van der Waals surface area contributed by atoms with Gasteiger partial charge in [0.2, 0.25) is 0 Å². The van der Waals surface area contributed by atoms with Gasteiger partial charge in [0.15, 0.2) is 4.47 Å². The maximum atomic E-state index is 13.4.